The molecule has 1 aromatic carbocycles. The van der Waals surface area contributed by atoms with Gasteiger partial charge in [0.05, 0.1) is 16.6 Å². The van der Waals surface area contributed by atoms with Crippen molar-refractivity contribution in [1.82, 2.24) is 24.5 Å². The summed E-state index contributed by atoms with van der Waals surface area (Å²) in [5, 5.41) is 0.879. The Morgan fingerprint density at radius 1 is 1.14 bits per heavy atom. The van der Waals surface area contributed by atoms with Gasteiger partial charge in [-0.25, -0.2) is 28.9 Å². The molecule has 0 saturated carbocycles. The molecule has 8 heteroatoms. The number of aromatic nitrogens is 5. The van der Waals surface area contributed by atoms with Crippen LogP contribution in [0.1, 0.15) is 18.2 Å². The van der Waals surface area contributed by atoms with E-state index in [1.54, 1.807) is 36.5 Å². The van der Waals surface area contributed by atoms with E-state index in [4.69, 9.17) is 0 Å². The number of rotatable bonds is 4. The summed E-state index contributed by atoms with van der Waals surface area (Å²) in [5.74, 6) is -0.0721. The summed E-state index contributed by atoms with van der Waals surface area (Å²) in [7, 11) is 0. The molecule has 0 unspecified atom stereocenters. The molecule has 140 valence electrons. The van der Waals surface area contributed by atoms with Crippen molar-refractivity contribution in [1.29, 1.82) is 0 Å². The van der Waals surface area contributed by atoms with Crippen LogP contribution in [-0.4, -0.2) is 24.5 Å². The zero-order valence-corrected chi connectivity index (χ0v) is 16.1. The van der Waals surface area contributed by atoms with Gasteiger partial charge in [0.15, 0.2) is 11.0 Å². The molecule has 6 nitrogen and oxygen atoms in total. The van der Waals surface area contributed by atoms with Gasteiger partial charge in [-0.15, -0.1) is 0 Å². The van der Waals surface area contributed by atoms with Gasteiger partial charge in [0, 0.05) is 6.20 Å². The first-order chi connectivity index (χ1) is 13.6. The summed E-state index contributed by atoms with van der Waals surface area (Å²) in [6, 6.07) is 10.7. The Morgan fingerprint density at radius 2 is 1.96 bits per heavy atom. The fourth-order valence-corrected chi connectivity index (χ4v) is 3.71. The highest BCUT2D eigenvalue weighted by atomic mass is 32.2. The van der Waals surface area contributed by atoms with Crippen molar-refractivity contribution in [3.05, 3.63) is 76.4 Å². The minimum atomic E-state index is -0.499. The molecular formula is C20H16FN5OS. The Balaban J connectivity index is 1.97. The number of benzene rings is 1. The van der Waals surface area contributed by atoms with E-state index in [0.717, 1.165) is 17.3 Å². The summed E-state index contributed by atoms with van der Waals surface area (Å²) < 4.78 is 16.1. The number of pyridine rings is 1. The number of fused-ring (bicyclic) bond motifs is 1. The van der Waals surface area contributed by atoms with Crippen molar-refractivity contribution in [2.75, 3.05) is 0 Å². The summed E-state index contributed by atoms with van der Waals surface area (Å²) >= 11 is 0.986. The molecule has 4 aromatic rings. The molecule has 0 aliphatic rings. The highest BCUT2D eigenvalue weighted by Crippen LogP contribution is 2.29. The Morgan fingerprint density at radius 3 is 2.75 bits per heavy atom. The lowest BCUT2D eigenvalue weighted by molar-refractivity contribution is 0.558. The van der Waals surface area contributed by atoms with Gasteiger partial charge in [0.2, 0.25) is 0 Å². The molecule has 0 amide bonds. The molecule has 0 radical (unpaired) electrons. The van der Waals surface area contributed by atoms with E-state index in [1.165, 1.54) is 10.9 Å². The van der Waals surface area contributed by atoms with Crippen LogP contribution < -0.4 is 5.56 Å². The molecule has 28 heavy (non-hydrogen) atoms. The van der Waals surface area contributed by atoms with Crippen LogP contribution in [0.15, 0.2) is 63.9 Å². The minimum absolute atomic E-state index is 0.121. The van der Waals surface area contributed by atoms with Crippen molar-refractivity contribution in [3.8, 4) is 5.82 Å². The highest BCUT2D eigenvalue weighted by Gasteiger charge is 2.18. The smallest absolute Gasteiger partial charge is 0.267 e. The van der Waals surface area contributed by atoms with Crippen molar-refractivity contribution in [2.45, 2.75) is 30.5 Å². The quantitative estimate of drug-likeness (QED) is 0.389. The van der Waals surface area contributed by atoms with E-state index in [-0.39, 0.29) is 10.6 Å². The third kappa shape index (κ3) is 3.27. The largest absolute Gasteiger partial charge is 0.268 e. The predicted octanol–water partition coefficient (Wildman–Crippen LogP) is 3.73. The van der Waals surface area contributed by atoms with Gasteiger partial charge in [0.25, 0.3) is 5.56 Å². The minimum Gasteiger partial charge on any atom is -0.268 e. The molecule has 3 heterocycles. The van der Waals surface area contributed by atoms with E-state index < -0.39 is 5.82 Å². The van der Waals surface area contributed by atoms with Crippen LogP contribution >= 0.6 is 11.8 Å². The fourth-order valence-electron chi connectivity index (χ4n) is 2.82. The molecule has 4 rings (SSSR count). The zero-order valence-electron chi connectivity index (χ0n) is 15.3. The summed E-state index contributed by atoms with van der Waals surface area (Å²) in [5.41, 5.74) is 1.53. The maximum absolute atomic E-state index is 14.7. The average molecular weight is 393 g/mol. The van der Waals surface area contributed by atoms with Gasteiger partial charge in [0.1, 0.15) is 17.2 Å². The van der Waals surface area contributed by atoms with E-state index in [2.05, 4.69) is 19.9 Å². The van der Waals surface area contributed by atoms with Crippen LogP contribution in [0.5, 0.6) is 0 Å². The summed E-state index contributed by atoms with van der Waals surface area (Å²) in [4.78, 5) is 30.1. The average Bonchev–Trinajstić information content (AvgIpc) is 2.70. The molecule has 0 spiro atoms. The second-order valence-electron chi connectivity index (χ2n) is 6.14. The lowest BCUT2D eigenvalue weighted by Gasteiger charge is -2.13. The van der Waals surface area contributed by atoms with Crippen LogP contribution in [0, 0.1) is 12.7 Å². The Hall–Kier alpha value is -3.13. The van der Waals surface area contributed by atoms with Gasteiger partial charge >= 0.3 is 0 Å². The van der Waals surface area contributed by atoms with Crippen molar-refractivity contribution in [3.63, 3.8) is 0 Å². The maximum Gasteiger partial charge on any atom is 0.267 e. The SMILES string of the molecule is CCc1ncnc(Sc2nc3ccccc3c(=O)n2-c2cc(C)ccn2)c1F. The van der Waals surface area contributed by atoms with Crippen molar-refractivity contribution >= 4 is 22.7 Å². The number of halogens is 1. The van der Waals surface area contributed by atoms with Gasteiger partial charge in [-0.05, 0) is 54.9 Å². The molecule has 0 saturated heterocycles. The number of hydrogen-bond acceptors (Lipinski definition) is 6. The van der Waals surface area contributed by atoms with Gasteiger partial charge in [-0.1, -0.05) is 19.1 Å². The van der Waals surface area contributed by atoms with Gasteiger partial charge in [-0.2, -0.15) is 0 Å². The second kappa shape index (κ2) is 7.47. The normalized spacial score (nSPS) is 11.1. The molecule has 0 fully saturated rings. The number of aryl methyl sites for hydroxylation is 2. The van der Waals surface area contributed by atoms with Crippen LogP contribution in [0.4, 0.5) is 4.39 Å². The molecule has 0 aliphatic heterocycles. The van der Waals surface area contributed by atoms with Crippen LogP contribution in [0.2, 0.25) is 0 Å². The monoisotopic (exact) mass is 393 g/mol. The first-order valence-electron chi connectivity index (χ1n) is 8.70. The van der Waals surface area contributed by atoms with Crippen LogP contribution in [-0.2, 0) is 6.42 Å². The third-order valence-corrected chi connectivity index (χ3v) is 5.16. The molecule has 3 aromatic heterocycles. The maximum atomic E-state index is 14.7. The standard InChI is InChI=1S/C20H16FN5OS/c1-3-14-17(21)18(24-11-23-14)28-20-25-15-7-5-4-6-13(15)19(27)26(20)16-10-12(2)8-9-22-16/h4-11H,3H2,1-2H3. The van der Waals surface area contributed by atoms with Crippen molar-refractivity contribution in [2.24, 2.45) is 0 Å². The van der Waals surface area contributed by atoms with Gasteiger partial charge < -0.3 is 0 Å². The number of para-hydroxylation sites is 1. The summed E-state index contributed by atoms with van der Waals surface area (Å²) in [6.45, 7) is 3.73. The molecule has 0 bridgehead atoms. The molecule has 0 atom stereocenters. The highest BCUT2D eigenvalue weighted by molar-refractivity contribution is 7.99. The van der Waals surface area contributed by atoms with E-state index >= 15 is 0 Å². The Kier molecular flexibility index (Phi) is 4.87. The molecule has 0 N–H and O–H groups in total. The first-order valence-corrected chi connectivity index (χ1v) is 9.52. The van der Waals surface area contributed by atoms with Gasteiger partial charge in [-0.3, -0.25) is 4.79 Å². The van der Waals surface area contributed by atoms with E-state index in [9.17, 15) is 9.18 Å². The predicted molar refractivity (Wildman–Crippen MR) is 105 cm³/mol. The summed E-state index contributed by atoms with van der Waals surface area (Å²) in [6.07, 6.45) is 3.39. The fraction of sp³-hybridized carbons (Fsp3) is 0.150. The van der Waals surface area contributed by atoms with Crippen LogP contribution in [0.25, 0.3) is 16.7 Å². The van der Waals surface area contributed by atoms with Crippen molar-refractivity contribution < 1.29 is 4.39 Å². The van der Waals surface area contributed by atoms with Crippen LogP contribution in [0.3, 0.4) is 0 Å². The van der Waals surface area contributed by atoms with E-state index in [0.29, 0.717) is 34.0 Å². The lowest BCUT2D eigenvalue weighted by Crippen LogP contribution is -2.22. The Labute approximate surface area is 164 Å². The molecule has 0 aliphatic carbocycles. The lowest BCUT2D eigenvalue weighted by atomic mass is 10.2. The zero-order chi connectivity index (χ0) is 19.7. The topological polar surface area (TPSA) is 73.6 Å². The number of hydrogen-bond donors (Lipinski definition) is 0. The first kappa shape index (κ1) is 18.2. The van der Waals surface area contributed by atoms with E-state index in [1.807, 2.05) is 19.9 Å². The third-order valence-electron chi connectivity index (χ3n) is 4.23. The number of nitrogens with zero attached hydrogens (tertiary/aromatic N) is 5. The Bertz CT molecular complexity index is 1240. The molecular weight excluding hydrogens is 377 g/mol. The second-order valence-corrected chi connectivity index (χ2v) is 7.09.